The molecule has 146 valence electrons. The summed E-state index contributed by atoms with van der Waals surface area (Å²) in [6.45, 7) is 3.92. The van der Waals surface area contributed by atoms with Gasteiger partial charge in [-0.3, -0.25) is 4.79 Å². The molecule has 0 atom stereocenters. The second-order valence-electron chi connectivity index (χ2n) is 5.98. The number of carbonyl (C=O) groups excluding carboxylic acids is 1. The van der Waals surface area contributed by atoms with Crippen LogP contribution in [0.15, 0.2) is 65.6 Å². The number of rotatable bonds is 7. The Morgan fingerprint density at radius 3 is 2.32 bits per heavy atom. The molecule has 0 bridgehead atoms. The summed E-state index contributed by atoms with van der Waals surface area (Å²) in [7, 11) is -3.27. The molecule has 0 fully saturated rings. The molecular weight excluding hydrogens is 394 g/mol. The molecule has 0 saturated carbocycles. The highest BCUT2D eigenvalue weighted by molar-refractivity contribution is 7.91. The molecule has 0 radical (unpaired) electrons. The number of carbonyl (C=O) groups is 1. The van der Waals surface area contributed by atoms with E-state index in [-0.39, 0.29) is 16.6 Å². The van der Waals surface area contributed by atoms with Gasteiger partial charge in [0.05, 0.1) is 17.3 Å². The second kappa shape index (κ2) is 8.58. The van der Waals surface area contributed by atoms with Crippen molar-refractivity contribution < 1.29 is 17.9 Å². The van der Waals surface area contributed by atoms with Crippen LogP contribution in [0.1, 0.15) is 23.5 Å². The first kappa shape index (κ1) is 20.1. The van der Waals surface area contributed by atoms with E-state index in [0.717, 1.165) is 10.4 Å². The zero-order chi connectivity index (χ0) is 20.1. The molecule has 3 aromatic rings. The fourth-order valence-electron chi connectivity index (χ4n) is 2.64. The molecule has 28 heavy (non-hydrogen) atoms. The third kappa shape index (κ3) is 4.43. The molecule has 0 saturated heterocycles. The van der Waals surface area contributed by atoms with Crippen molar-refractivity contribution in [3.8, 4) is 16.2 Å². The first-order valence-electron chi connectivity index (χ1n) is 8.90. The Balaban J connectivity index is 1.85. The van der Waals surface area contributed by atoms with Gasteiger partial charge in [-0.25, -0.2) is 8.42 Å². The van der Waals surface area contributed by atoms with Crippen LogP contribution in [0.3, 0.4) is 0 Å². The van der Waals surface area contributed by atoms with Crippen molar-refractivity contribution in [1.29, 1.82) is 0 Å². The Hall–Kier alpha value is -2.64. The number of anilines is 1. The van der Waals surface area contributed by atoms with Gasteiger partial charge in [0.1, 0.15) is 10.6 Å². The monoisotopic (exact) mass is 415 g/mol. The molecule has 1 amide bonds. The van der Waals surface area contributed by atoms with Crippen molar-refractivity contribution in [3.63, 3.8) is 0 Å². The highest BCUT2D eigenvalue weighted by Crippen LogP contribution is 2.36. The summed E-state index contributed by atoms with van der Waals surface area (Å²) >= 11 is 1.36. The normalized spacial score (nSPS) is 11.2. The topological polar surface area (TPSA) is 72.5 Å². The van der Waals surface area contributed by atoms with Gasteiger partial charge in [-0.05, 0) is 42.8 Å². The molecule has 3 rings (SSSR count). The molecule has 1 N–H and O–H groups in total. The van der Waals surface area contributed by atoms with Crippen LogP contribution in [0.5, 0.6) is 5.75 Å². The first-order chi connectivity index (χ1) is 13.4. The third-order valence-electron chi connectivity index (χ3n) is 4.11. The molecule has 7 heteroatoms. The molecule has 0 spiro atoms. The molecule has 1 aromatic heterocycles. The molecule has 0 unspecified atom stereocenters. The van der Waals surface area contributed by atoms with E-state index in [0.29, 0.717) is 22.9 Å². The highest BCUT2D eigenvalue weighted by atomic mass is 32.2. The summed E-state index contributed by atoms with van der Waals surface area (Å²) in [5, 5.41) is 2.82. The van der Waals surface area contributed by atoms with Crippen molar-refractivity contribution in [3.05, 3.63) is 65.5 Å². The number of sulfone groups is 1. The number of ether oxygens (including phenoxy) is 1. The van der Waals surface area contributed by atoms with Crippen LogP contribution in [-0.2, 0) is 9.84 Å². The number of nitrogens with one attached hydrogen (secondary N) is 1. The molecule has 5 nitrogen and oxygen atoms in total. The van der Waals surface area contributed by atoms with E-state index in [9.17, 15) is 13.2 Å². The summed E-state index contributed by atoms with van der Waals surface area (Å²) in [5.41, 5.74) is 1.54. The smallest absolute Gasteiger partial charge is 0.269 e. The summed E-state index contributed by atoms with van der Waals surface area (Å²) in [6, 6.07) is 17.8. The number of amides is 1. The van der Waals surface area contributed by atoms with Crippen molar-refractivity contribution in [2.75, 3.05) is 17.7 Å². The summed E-state index contributed by atoms with van der Waals surface area (Å²) in [6.07, 6.45) is 0. The quantitative estimate of drug-likeness (QED) is 0.598. The largest absolute Gasteiger partial charge is 0.492 e. The lowest BCUT2D eigenvalue weighted by molar-refractivity contribution is 0.102. The van der Waals surface area contributed by atoms with Gasteiger partial charge in [-0.2, -0.15) is 0 Å². The average molecular weight is 416 g/mol. The van der Waals surface area contributed by atoms with Crippen LogP contribution in [0.25, 0.3) is 10.4 Å². The number of benzene rings is 2. The van der Waals surface area contributed by atoms with Gasteiger partial charge in [-0.1, -0.05) is 37.3 Å². The van der Waals surface area contributed by atoms with E-state index in [4.69, 9.17) is 4.74 Å². The maximum atomic E-state index is 12.8. The van der Waals surface area contributed by atoms with Crippen LogP contribution in [0.2, 0.25) is 0 Å². The van der Waals surface area contributed by atoms with Crippen LogP contribution in [0.4, 0.5) is 5.69 Å². The standard InChI is InChI=1S/C21H21NO4S2/c1-3-26-18-14-19(15-8-6-5-7-9-15)27-20(18)21(23)22-16-10-12-17(13-11-16)28(24,25)4-2/h5-14H,3-4H2,1-2H3,(H,22,23). The predicted octanol–water partition coefficient (Wildman–Crippen LogP) is 4.86. The molecule has 0 aliphatic carbocycles. The molecule has 0 aliphatic rings. The second-order valence-corrected chi connectivity index (χ2v) is 9.32. The molecule has 1 heterocycles. The zero-order valence-electron chi connectivity index (χ0n) is 15.6. The number of thiophene rings is 1. The van der Waals surface area contributed by atoms with E-state index < -0.39 is 9.84 Å². The van der Waals surface area contributed by atoms with E-state index in [1.54, 1.807) is 19.1 Å². The van der Waals surface area contributed by atoms with Gasteiger partial charge in [-0.15, -0.1) is 11.3 Å². The van der Waals surface area contributed by atoms with Gasteiger partial charge in [0, 0.05) is 10.6 Å². The van der Waals surface area contributed by atoms with E-state index in [2.05, 4.69) is 5.32 Å². The average Bonchev–Trinajstić information content (AvgIpc) is 3.13. The van der Waals surface area contributed by atoms with Gasteiger partial charge >= 0.3 is 0 Å². The predicted molar refractivity (Wildman–Crippen MR) is 113 cm³/mol. The van der Waals surface area contributed by atoms with Gasteiger partial charge in [0.2, 0.25) is 0 Å². The Kier molecular flexibility index (Phi) is 6.16. The summed E-state index contributed by atoms with van der Waals surface area (Å²) in [4.78, 5) is 14.5. The minimum Gasteiger partial charge on any atom is -0.492 e. The first-order valence-corrected chi connectivity index (χ1v) is 11.4. The van der Waals surface area contributed by atoms with E-state index in [1.165, 1.54) is 23.5 Å². The number of hydrogen-bond donors (Lipinski definition) is 1. The van der Waals surface area contributed by atoms with E-state index in [1.807, 2.05) is 43.3 Å². The van der Waals surface area contributed by atoms with Crippen molar-refractivity contribution in [1.82, 2.24) is 0 Å². The zero-order valence-corrected chi connectivity index (χ0v) is 17.3. The fraction of sp³-hybridized carbons (Fsp3) is 0.190. The van der Waals surface area contributed by atoms with Gasteiger partial charge < -0.3 is 10.1 Å². The molecule has 2 aromatic carbocycles. The highest BCUT2D eigenvalue weighted by Gasteiger charge is 2.19. The van der Waals surface area contributed by atoms with Gasteiger partial charge in [0.15, 0.2) is 9.84 Å². The van der Waals surface area contributed by atoms with Crippen LogP contribution < -0.4 is 10.1 Å². The summed E-state index contributed by atoms with van der Waals surface area (Å²) in [5.74, 6) is 0.282. The fourth-order valence-corrected chi connectivity index (χ4v) is 4.53. The Morgan fingerprint density at radius 2 is 1.71 bits per heavy atom. The lowest BCUT2D eigenvalue weighted by atomic mass is 10.2. The van der Waals surface area contributed by atoms with E-state index >= 15 is 0 Å². The maximum Gasteiger partial charge on any atom is 0.269 e. The Morgan fingerprint density at radius 1 is 1.04 bits per heavy atom. The minimum absolute atomic E-state index is 0.0356. The Bertz CT molecular complexity index is 1060. The van der Waals surface area contributed by atoms with Crippen molar-refractivity contribution >= 4 is 32.8 Å². The van der Waals surface area contributed by atoms with Crippen LogP contribution in [-0.4, -0.2) is 26.7 Å². The van der Waals surface area contributed by atoms with Crippen LogP contribution in [0, 0.1) is 0 Å². The SMILES string of the molecule is CCOc1cc(-c2ccccc2)sc1C(=O)Nc1ccc(S(=O)(=O)CC)cc1. The third-order valence-corrected chi connectivity index (χ3v) is 7.03. The maximum absolute atomic E-state index is 12.8. The minimum atomic E-state index is -3.27. The van der Waals surface area contributed by atoms with Crippen molar-refractivity contribution in [2.24, 2.45) is 0 Å². The van der Waals surface area contributed by atoms with Crippen molar-refractivity contribution in [2.45, 2.75) is 18.7 Å². The number of hydrogen-bond acceptors (Lipinski definition) is 5. The lowest BCUT2D eigenvalue weighted by Gasteiger charge is -2.07. The van der Waals surface area contributed by atoms with Gasteiger partial charge in [0.25, 0.3) is 5.91 Å². The molecular formula is C21H21NO4S2. The van der Waals surface area contributed by atoms with Crippen LogP contribution >= 0.6 is 11.3 Å². The molecule has 0 aliphatic heterocycles. The Labute approximate surface area is 168 Å². The lowest BCUT2D eigenvalue weighted by Crippen LogP contribution is -2.12. The summed E-state index contributed by atoms with van der Waals surface area (Å²) < 4.78 is 29.5.